The second-order valence-corrected chi connectivity index (χ2v) is 6.82. The van der Waals surface area contributed by atoms with Gasteiger partial charge in [0.05, 0.1) is 0 Å². The minimum atomic E-state index is -0.764. The zero-order valence-electron chi connectivity index (χ0n) is 17.0. The molecule has 6 heteroatoms. The fraction of sp³-hybridized carbons (Fsp3) is 0.364. The lowest BCUT2D eigenvalue weighted by atomic mass is 10.1. The third-order valence-corrected chi connectivity index (χ3v) is 4.40. The number of hydrogen-bond donors (Lipinski definition) is 2. The van der Waals surface area contributed by atoms with E-state index in [2.05, 4.69) is 10.9 Å². The van der Waals surface area contributed by atoms with Gasteiger partial charge < -0.3 is 9.47 Å². The molecule has 0 aliphatic heterocycles. The maximum absolute atomic E-state index is 12.3. The second-order valence-electron chi connectivity index (χ2n) is 6.82. The fourth-order valence-electron chi connectivity index (χ4n) is 2.53. The van der Waals surface area contributed by atoms with E-state index >= 15 is 0 Å². The molecule has 2 N–H and O–H groups in total. The van der Waals surface area contributed by atoms with Gasteiger partial charge in [-0.2, -0.15) is 0 Å². The Labute approximate surface area is 166 Å². The van der Waals surface area contributed by atoms with E-state index in [1.54, 1.807) is 13.0 Å². The van der Waals surface area contributed by atoms with Crippen LogP contribution >= 0.6 is 0 Å². The predicted octanol–water partition coefficient (Wildman–Crippen LogP) is 3.38. The van der Waals surface area contributed by atoms with E-state index in [9.17, 15) is 9.59 Å². The zero-order valence-corrected chi connectivity index (χ0v) is 17.0. The number of carbonyl (C=O) groups excluding carboxylic acids is 2. The number of hydrazine groups is 1. The average molecular weight is 384 g/mol. The Morgan fingerprint density at radius 2 is 1.57 bits per heavy atom. The van der Waals surface area contributed by atoms with E-state index < -0.39 is 24.0 Å². The van der Waals surface area contributed by atoms with Crippen LogP contribution in [-0.2, 0) is 9.59 Å². The Balaban J connectivity index is 1.87. The number of benzene rings is 2. The van der Waals surface area contributed by atoms with Crippen LogP contribution in [-0.4, -0.2) is 24.0 Å². The number of rotatable bonds is 7. The van der Waals surface area contributed by atoms with Crippen LogP contribution in [0.1, 0.15) is 37.0 Å². The number of hydrogen-bond acceptors (Lipinski definition) is 4. The molecule has 0 saturated carbocycles. The molecule has 0 radical (unpaired) electrons. The Hall–Kier alpha value is -3.02. The maximum atomic E-state index is 12.3. The van der Waals surface area contributed by atoms with E-state index in [0.717, 1.165) is 16.7 Å². The van der Waals surface area contributed by atoms with Gasteiger partial charge in [-0.1, -0.05) is 25.1 Å². The summed E-state index contributed by atoms with van der Waals surface area (Å²) in [5.74, 6) is 0.346. The summed E-state index contributed by atoms with van der Waals surface area (Å²) < 4.78 is 11.4. The van der Waals surface area contributed by atoms with Crippen LogP contribution in [0.5, 0.6) is 11.5 Å². The van der Waals surface area contributed by atoms with Gasteiger partial charge in [-0.25, -0.2) is 0 Å². The van der Waals surface area contributed by atoms with Gasteiger partial charge in [0.1, 0.15) is 11.5 Å². The highest BCUT2D eigenvalue weighted by atomic mass is 16.5. The van der Waals surface area contributed by atoms with Crippen molar-refractivity contribution in [2.45, 2.75) is 53.2 Å². The highest BCUT2D eigenvalue weighted by Gasteiger charge is 2.21. The third kappa shape index (κ3) is 6.01. The molecule has 2 aromatic rings. The minimum Gasteiger partial charge on any atom is -0.481 e. The Morgan fingerprint density at radius 3 is 2.21 bits per heavy atom. The summed E-state index contributed by atoms with van der Waals surface area (Å²) >= 11 is 0. The zero-order chi connectivity index (χ0) is 20.7. The number of ether oxygens (including phenoxy) is 2. The van der Waals surface area contributed by atoms with E-state index in [-0.39, 0.29) is 0 Å². The molecule has 6 nitrogen and oxygen atoms in total. The lowest BCUT2D eigenvalue weighted by Crippen LogP contribution is -2.51. The summed E-state index contributed by atoms with van der Waals surface area (Å²) in [5, 5.41) is 0. The van der Waals surface area contributed by atoms with Crippen molar-refractivity contribution in [3.8, 4) is 11.5 Å². The molecule has 2 unspecified atom stereocenters. The molecule has 0 aliphatic carbocycles. The van der Waals surface area contributed by atoms with Crippen molar-refractivity contribution in [1.29, 1.82) is 0 Å². The summed E-state index contributed by atoms with van der Waals surface area (Å²) in [6.07, 6.45) is -1.01. The summed E-state index contributed by atoms with van der Waals surface area (Å²) in [5.41, 5.74) is 8.08. The first-order valence-electron chi connectivity index (χ1n) is 9.37. The summed E-state index contributed by atoms with van der Waals surface area (Å²) in [6, 6.07) is 13.1. The van der Waals surface area contributed by atoms with Crippen LogP contribution in [0.25, 0.3) is 0 Å². The molecule has 2 atom stereocenters. The van der Waals surface area contributed by atoms with Gasteiger partial charge in [-0.15, -0.1) is 0 Å². The van der Waals surface area contributed by atoms with Gasteiger partial charge in [-0.05, 0) is 75.1 Å². The lowest BCUT2D eigenvalue weighted by molar-refractivity contribution is -0.135. The van der Waals surface area contributed by atoms with Gasteiger partial charge in [0.15, 0.2) is 12.2 Å². The van der Waals surface area contributed by atoms with Crippen LogP contribution < -0.4 is 20.3 Å². The van der Waals surface area contributed by atoms with Gasteiger partial charge in [0.25, 0.3) is 11.8 Å². The molecule has 0 fully saturated rings. The molecule has 150 valence electrons. The van der Waals surface area contributed by atoms with Crippen LogP contribution in [0, 0.1) is 20.8 Å². The van der Waals surface area contributed by atoms with Gasteiger partial charge in [-0.3, -0.25) is 20.4 Å². The second kappa shape index (κ2) is 9.78. The Morgan fingerprint density at radius 1 is 0.893 bits per heavy atom. The SMILES string of the molecule is CCC(Oc1cccc(C)c1)C(=O)NNC(=O)C(C)Oc1ccc(C)c(C)c1. The molecule has 0 aliphatic rings. The highest BCUT2D eigenvalue weighted by Crippen LogP contribution is 2.18. The standard InChI is InChI=1S/C22H28N2O4/c1-6-20(28-18-9-7-8-14(2)12-18)22(26)24-23-21(25)17(5)27-19-11-10-15(3)16(4)13-19/h7-13,17,20H,6H2,1-5H3,(H,23,25)(H,24,26). The largest absolute Gasteiger partial charge is 0.481 e. The van der Waals surface area contributed by atoms with Gasteiger partial charge in [0.2, 0.25) is 0 Å². The number of nitrogens with one attached hydrogen (secondary N) is 2. The summed E-state index contributed by atoms with van der Waals surface area (Å²) in [4.78, 5) is 24.6. The van der Waals surface area contributed by atoms with Crippen molar-refractivity contribution >= 4 is 11.8 Å². The molecule has 0 aromatic heterocycles. The van der Waals surface area contributed by atoms with Gasteiger partial charge in [0, 0.05) is 0 Å². The first-order valence-corrected chi connectivity index (χ1v) is 9.37. The normalized spacial score (nSPS) is 12.6. The van der Waals surface area contributed by atoms with Crippen molar-refractivity contribution < 1.29 is 19.1 Å². The molecule has 0 spiro atoms. The Bertz CT molecular complexity index is 835. The molecule has 0 heterocycles. The molecule has 28 heavy (non-hydrogen) atoms. The van der Waals surface area contributed by atoms with Crippen molar-refractivity contribution in [2.24, 2.45) is 0 Å². The lowest BCUT2D eigenvalue weighted by Gasteiger charge is -2.19. The fourth-order valence-corrected chi connectivity index (χ4v) is 2.53. The average Bonchev–Trinajstić information content (AvgIpc) is 2.66. The quantitative estimate of drug-likeness (QED) is 0.718. The first-order chi connectivity index (χ1) is 13.3. The van der Waals surface area contributed by atoms with Crippen LogP contribution in [0.15, 0.2) is 42.5 Å². The molecular formula is C22H28N2O4. The van der Waals surface area contributed by atoms with Crippen LogP contribution in [0.3, 0.4) is 0 Å². The van der Waals surface area contributed by atoms with E-state index in [0.29, 0.717) is 17.9 Å². The molecule has 2 amide bonds. The van der Waals surface area contributed by atoms with Crippen molar-refractivity contribution in [2.75, 3.05) is 0 Å². The van der Waals surface area contributed by atoms with Gasteiger partial charge >= 0.3 is 0 Å². The number of amides is 2. The smallest absolute Gasteiger partial charge is 0.279 e. The molecule has 2 aromatic carbocycles. The highest BCUT2D eigenvalue weighted by molar-refractivity contribution is 5.86. The Kier molecular flexibility index (Phi) is 7.44. The van der Waals surface area contributed by atoms with Crippen molar-refractivity contribution in [3.05, 3.63) is 59.2 Å². The third-order valence-electron chi connectivity index (χ3n) is 4.40. The van der Waals surface area contributed by atoms with Crippen molar-refractivity contribution in [1.82, 2.24) is 10.9 Å². The first kappa shape index (κ1) is 21.3. The summed E-state index contributed by atoms with van der Waals surface area (Å²) in [6.45, 7) is 9.40. The van der Waals surface area contributed by atoms with E-state index in [4.69, 9.17) is 9.47 Å². The number of carbonyl (C=O) groups is 2. The maximum Gasteiger partial charge on any atom is 0.279 e. The molecule has 0 saturated heterocycles. The minimum absolute atomic E-state index is 0.421. The molecule has 0 bridgehead atoms. The molecule has 2 rings (SSSR count). The van der Waals surface area contributed by atoms with Crippen LogP contribution in [0.2, 0.25) is 0 Å². The molecular weight excluding hydrogens is 356 g/mol. The van der Waals surface area contributed by atoms with E-state index in [1.165, 1.54) is 0 Å². The van der Waals surface area contributed by atoms with Crippen molar-refractivity contribution in [3.63, 3.8) is 0 Å². The predicted molar refractivity (Wildman–Crippen MR) is 108 cm³/mol. The van der Waals surface area contributed by atoms with E-state index in [1.807, 2.05) is 64.1 Å². The topological polar surface area (TPSA) is 76.7 Å². The van der Waals surface area contributed by atoms with Crippen LogP contribution in [0.4, 0.5) is 0 Å². The number of aryl methyl sites for hydroxylation is 3. The summed E-state index contributed by atoms with van der Waals surface area (Å²) in [7, 11) is 0. The monoisotopic (exact) mass is 384 g/mol.